The van der Waals surface area contributed by atoms with E-state index in [0.717, 1.165) is 6.42 Å². The first-order valence-electron chi connectivity index (χ1n) is 4.99. The van der Waals surface area contributed by atoms with E-state index < -0.39 is 11.6 Å². The fraction of sp³-hybridized carbons (Fsp3) is 0.500. The molecule has 0 spiro atoms. The molecule has 0 amide bonds. The lowest BCUT2D eigenvalue weighted by molar-refractivity contribution is 0.476. The molecule has 0 aliphatic rings. The van der Waals surface area contributed by atoms with Crippen molar-refractivity contribution in [2.45, 2.75) is 33.6 Å². The molecule has 0 aliphatic carbocycles. The van der Waals surface area contributed by atoms with Gasteiger partial charge in [0.05, 0.1) is 0 Å². The Morgan fingerprint density at radius 2 is 1.86 bits per heavy atom. The van der Waals surface area contributed by atoms with Crippen LogP contribution in [0.4, 0.5) is 8.78 Å². The van der Waals surface area contributed by atoms with Crippen LogP contribution in [0.15, 0.2) is 12.1 Å². The average molecular weight is 198 g/mol. The van der Waals surface area contributed by atoms with Crippen molar-refractivity contribution >= 4 is 0 Å². The van der Waals surface area contributed by atoms with Gasteiger partial charge in [-0.3, -0.25) is 0 Å². The highest BCUT2D eigenvalue weighted by atomic mass is 19.2. The molecule has 0 nitrogen and oxygen atoms in total. The summed E-state index contributed by atoms with van der Waals surface area (Å²) in [4.78, 5) is 0. The van der Waals surface area contributed by atoms with Crippen molar-refractivity contribution in [3.05, 3.63) is 34.9 Å². The molecule has 1 atom stereocenters. The van der Waals surface area contributed by atoms with E-state index >= 15 is 0 Å². The van der Waals surface area contributed by atoms with Crippen molar-refractivity contribution in [1.29, 1.82) is 0 Å². The number of rotatable bonds is 3. The summed E-state index contributed by atoms with van der Waals surface area (Å²) in [5.74, 6) is -0.984. The van der Waals surface area contributed by atoms with Gasteiger partial charge in [-0.15, -0.1) is 0 Å². The Labute approximate surface area is 84.0 Å². The molecule has 2 heteroatoms. The smallest absolute Gasteiger partial charge is 0.162 e. The third-order valence-electron chi connectivity index (χ3n) is 2.62. The van der Waals surface area contributed by atoms with E-state index in [1.54, 1.807) is 19.1 Å². The van der Waals surface area contributed by atoms with Gasteiger partial charge in [-0.2, -0.15) is 0 Å². The van der Waals surface area contributed by atoms with Crippen LogP contribution in [0.3, 0.4) is 0 Å². The Morgan fingerprint density at radius 1 is 1.21 bits per heavy atom. The Bertz CT molecular complexity index is 318. The number of aryl methyl sites for hydroxylation is 1. The van der Waals surface area contributed by atoms with E-state index in [1.807, 2.05) is 13.8 Å². The SMILES string of the molecule is CCC(C)Cc1ccc(C)c(F)c1F. The molecule has 0 saturated heterocycles. The predicted octanol–water partition coefficient (Wildman–Crippen LogP) is 3.86. The molecule has 0 radical (unpaired) electrons. The number of halogens is 2. The van der Waals surface area contributed by atoms with Crippen molar-refractivity contribution in [2.75, 3.05) is 0 Å². The molecule has 1 rings (SSSR count). The van der Waals surface area contributed by atoms with Gasteiger partial charge in [0, 0.05) is 0 Å². The monoisotopic (exact) mass is 198 g/mol. The number of hydrogen-bond donors (Lipinski definition) is 0. The van der Waals surface area contributed by atoms with Crippen LogP contribution in [0.25, 0.3) is 0 Å². The molecule has 0 aromatic heterocycles. The Morgan fingerprint density at radius 3 is 2.43 bits per heavy atom. The van der Waals surface area contributed by atoms with Crippen molar-refractivity contribution in [1.82, 2.24) is 0 Å². The molecule has 0 aliphatic heterocycles. The number of benzene rings is 1. The van der Waals surface area contributed by atoms with Crippen LogP contribution < -0.4 is 0 Å². The fourth-order valence-electron chi connectivity index (χ4n) is 1.36. The highest BCUT2D eigenvalue weighted by molar-refractivity contribution is 5.25. The van der Waals surface area contributed by atoms with Crippen LogP contribution in [0.1, 0.15) is 31.4 Å². The van der Waals surface area contributed by atoms with E-state index in [4.69, 9.17) is 0 Å². The third kappa shape index (κ3) is 2.31. The largest absolute Gasteiger partial charge is 0.203 e. The maximum Gasteiger partial charge on any atom is 0.162 e. The topological polar surface area (TPSA) is 0 Å². The summed E-state index contributed by atoms with van der Waals surface area (Å²) in [5.41, 5.74) is 0.859. The second-order valence-corrected chi connectivity index (χ2v) is 3.89. The van der Waals surface area contributed by atoms with Crippen LogP contribution in [-0.2, 0) is 6.42 Å². The van der Waals surface area contributed by atoms with Gasteiger partial charge < -0.3 is 0 Å². The summed E-state index contributed by atoms with van der Waals surface area (Å²) in [6.45, 7) is 5.66. The van der Waals surface area contributed by atoms with Crippen molar-refractivity contribution in [3.63, 3.8) is 0 Å². The molecule has 0 bridgehead atoms. The zero-order chi connectivity index (χ0) is 10.7. The first kappa shape index (κ1) is 11.2. The Hall–Kier alpha value is -0.920. The van der Waals surface area contributed by atoms with E-state index in [-0.39, 0.29) is 0 Å². The second-order valence-electron chi connectivity index (χ2n) is 3.89. The van der Waals surface area contributed by atoms with E-state index in [0.29, 0.717) is 23.5 Å². The molecule has 0 fully saturated rings. The van der Waals surface area contributed by atoms with Gasteiger partial charge in [0.2, 0.25) is 0 Å². The van der Waals surface area contributed by atoms with Crippen LogP contribution in [-0.4, -0.2) is 0 Å². The minimum atomic E-state index is -0.703. The van der Waals surface area contributed by atoms with Gasteiger partial charge in [0.1, 0.15) is 0 Å². The lowest BCUT2D eigenvalue weighted by Crippen LogP contribution is -2.03. The molecular weight excluding hydrogens is 182 g/mol. The summed E-state index contributed by atoms with van der Waals surface area (Å²) in [6, 6.07) is 3.32. The second kappa shape index (κ2) is 4.54. The maximum atomic E-state index is 13.4. The highest BCUT2D eigenvalue weighted by Crippen LogP contribution is 2.19. The van der Waals surface area contributed by atoms with Crippen molar-refractivity contribution < 1.29 is 8.78 Å². The minimum absolute atomic E-state index is 0.371. The molecule has 0 N–H and O–H groups in total. The summed E-state index contributed by atoms with van der Waals surface area (Å²) < 4.78 is 26.6. The molecule has 1 aromatic carbocycles. The predicted molar refractivity (Wildman–Crippen MR) is 54.3 cm³/mol. The first-order chi connectivity index (χ1) is 6.56. The van der Waals surface area contributed by atoms with Gasteiger partial charge >= 0.3 is 0 Å². The van der Waals surface area contributed by atoms with Crippen LogP contribution in [0.5, 0.6) is 0 Å². The molecule has 1 unspecified atom stereocenters. The molecule has 14 heavy (non-hydrogen) atoms. The molecule has 0 heterocycles. The lowest BCUT2D eigenvalue weighted by atomic mass is 9.97. The quantitative estimate of drug-likeness (QED) is 0.691. The van der Waals surface area contributed by atoms with Crippen molar-refractivity contribution in [3.8, 4) is 0 Å². The van der Waals surface area contributed by atoms with Gasteiger partial charge in [-0.25, -0.2) is 8.78 Å². The zero-order valence-corrected chi connectivity index (χ0v) is 8.90. The fourth-order valence-corrected chi connectivity index (χ4v) is 1.36. The van der Waals surface area contributed by atoms with Crippen LogP contribution in [0.2, 0.25) is 0 Å². The Kier molecular flexibility index (Phi) is 3.62. The zero-order valence-electron chi connectivity index (χ0n) is 8.90. The average Bonchev–Trinajstić information content (AvgIpc) is 2.19. The van der Waals surface area contributed by atoms with Crippen molar-refractivity contribution in [2.24, 2.45) is 5.92 Å². The van der Waals surface area contributed by atoms with Crippen LogP contribution >= 0.6 is 0 Å². The summed E-state index contributed by atoms with van der Waals surface area (Å²) in [5, 5.41) is 0. The summed E-state index contributed by atoms with van der Waals surface area (Å²) in [6.07, 6.45) is 1.59. The Balaban J connectivity index is 2.94. The first-order valence-corrected chi connectivity index (χ1v) is 4.99. The van der Waals surface area contributed by atoms with E-state index in [9.17, 15) is 8.78 Å². The molecule has 0 saturated carbocycles. The summed E-state index contributed by atoms with van der Waals surface area (Å²) in [7, 11) is 0. The highest BCUT2D eigenvalue weighted by Gasteiger charge is 2.12. The van der Waals surface area contributed by atoms with Gasteiger partial charge in [0.15, 0.2) is 11.6 Å². The minimum Gasteiger partial charge on any atom is -0.203 e. The summed E-state index contributed by atoms with van der Waals surface area (Å²) >= 11 is 0. The number of hydrogen-bond acceptors (Lipinski definition) is 0. The normalized spacial score (nSPS) is 12.9. The van der Waals surface area contributed by atoms with Gasteiger partial charge in [0.25, 0.3) is 0 Å². The molecular formula is C12H16F2. The third-order valence-corrected chi connectivity index (χ3v) is 2.62. The van der Waals surface area contributed by atoms with Gasteiger partial charge in [-0.1, -0.05) is 32.4 Å². The van der Waals surface area contributed by atoms with E-state index in [2.05, 4.69) is 0 Å². The van der Waals surface area contributed by atoms with Gasteiger partial charge in [-0.05, 0) is 30.4 Å². The molecule has 78 valence electrons. The van der Waals surface area contributed by atoms with E-state index in [1.165, 1.54) is 0 Å². The maximum absolute atomic E-state index is 13.4. The molecule has 1 aromatic rings. The standard InChI is InChI=1S/C12H16F2/c1-4-8(2)7-10-6-5-9(3)11(13)12(10)14/h5-6,8H,4,7H2,1-3H3. The van der Waals surface area contributed by atoms with Crippen LogP contribution in [0, 0.1) is 24.5 Å². The lowest BCUT2D eigenvalue weighted by Gasteiger charge is -2.10.